The Labute approximate surface area is 180 Å². The van der Waals surface area contributed by atoms with Crippen molar-refractivity contribution in [1.82, 2.24) is 5.01 Å². The van der Waals surface area contributed by atoms with E-state index < -0.39 is 6.23 Å². The van der Waals surface area contributed by atoms with Crippen LogP contribution in [0.2, 0.25) is 0 Å². The van der Waals surface area contributed by atoms with Gasteiger partial charge in [0.1, 0.15) is 11.6 Å². The average molecular weight is 418 g/mol. The zero-order valence-corrected chi connectivity index (χ0v) is 17.4. The molecule has 2 unspecified atom stereocenters. The fourth-order valence-electron chi connectivity index (χ4n) is 4.19. The van der Waals surface area contributed by atoms with Crippen LogP contribution in [0.1, 0.15) is 42.3 Å². The summed E-state index contributed by atoms with van der Waals surface area (Å²) in [5.41, 5.74) is 3.70. The second-order valence-electron chi connectivity index (χ2n) is 7.51. The zero-order chi connectivity index (χ0) is 21.4. The van der Waals surface area contributed by atoms with Gasteiger partial charge in [0.25, 0.3) is 0 Å². The summed E-state index contributed by atoms with van der Waals surface area (Å²) in [5.74, 6) is 1.89. The highest BCUT2D eigenvalue weighted by atomic mass is 19.1. The molecule has 0 saturated carbocycles. The summed E-state index contributed by atoms with van der Waals surface area (Å²) >= 11 is 0. The molecule has 0 aromatic heterocycles. The molecule has 0 bridgehead atoms. The van der Waals surface area contributed by atoms with Crippen molar-refractivity contribution in [2.75, 3.05) is 13.7 Å². The number of fused-ring (bicyclic) bond motifs is 3. The van der Waals surface area contributed by atoms with Crippen LogP contribution in [0.15, 0.2) is 71.8 Å². The van der Waals surface area contributed by atoms with Crippen LogP contribution in [0, 0.1) is 5.82 Å². The molecule has 0 saturated heterocycles. The standard InChI is InChI=1S/C25H23FN2O3/c1-3-30-23-9-5-8-20-22-15-21(16-10-12-19(29-2)13-11-16)27-28(22)25(31-24(20)23)17-6-4-7-18(26)14-17/h4-14,22,25H,3,15H2,1-2H3. The third-order valence-corrected chi connectivity index (χ3v) is 5.64. The van der Waals surface area contributed by atoms with Crippen molar-refractivity contribution in [3.05, 3.63) is 89.2 Å². The van der Waals surface area contributed by atoms with Crippen molar-refractivity contribution >= 4 is 5.71 Å². The maximum Gasteiger partial charge on any atom is 0.214 e. The summed E-state index contributed by atoms with van der Waals surface area (Å²) in [6, 6.07) is 20.2. The second kappa shape index (κ2) is 7.95. The number of rotatable bonds is 5. The van der Waals surface area contributed by atoms with Gasteiger partial charge in [-0.05, 0) is 55.0 Å². The fraction of sp³-hybridized carbons (Fsp3) is 0.240. The highest BCUT2D eigenvalue weighted by Crippen LogP contribution is 2.50. The van der Waals surface area contributed by atoms with Gasteiger partial charge in [0.2, 0.25) is 6.23 Å². The maximum atomic E-state index is 14.0. The van der Waals surface area contributed by atoms with E-state index in [1.807, 2.05) is 60.5 Å². The molecule has 0 spiro atoms. The molecule has 3 aromatic rings. The van der Waals surface area contributed by atoms with Crippen molar-refractivity contribution in [2.45, 2.75) is 25.6 Å². The molecule has 0 N–H and O–H groups in total. The number of hydrogen-bond donors (Lipinski definition) is 0. The van der Waals surface area contributed by atoms with Gasteiger partial charge < -0.3 is 14.2 Å². The van der Waals surface area contributed by atoms with E-state index >= 15 is 0 Å². The highest BCUT2D eigenvalue weighted by molar-refractivity contribution is 6.02. The lowest BCUT2D eigenvalue weighted by Crippen LogP contribution is -2.34. The Kier molecular flexibility index (Phi) is 4.98. The number of methoxy groups -OCH3 is 1. The number of para-hydroxylation sites is 1. The SMILES string of the molecule is CCOc1cccc2c1OC(c1cccc(F)c1)N1N=C(c3ccc(OC)cc3)CC21. The number of benzene rings is 3. The molecule has 5 nitrogen and oxygen atoms in total. The summed E-state index contributed by atoms with van der Waals surface area (Å²) in [6.45, 7) is 2.48. The minimum Gasteiger partial charge on any atom is -0.497 e. The predicted octanol–water partition coefficient (Wildman–Crippen LogP) is 5.48. The summed E-state index contributed by atoms with van der Waals surface area (Å²) < 4.78 is 31.5. The molecule has 0 amide bonds. The van der Waals surface area contributed by atoms with Crippen LogP contribution in [-0.4, -0.2) is 24.4 Å². The van der Waals surface area contributed by atoms with E-state index in [1.54, 1.807) is 13.2 Å². The van der Waals surface area contributed by atoms with Gasteiger partial charge in [-0.15, -0.1) is 0 Å². The molecule has 6 heteroatoms. The topological polar surface area (TPSA) is 43.3 Å². The summed E-state index contributed by atoms with van der Waals surface area (Å²) in [5, 5.41) is 6.86. The van der Waals surface area contributed by atoms with Crippen LogP contribution in [0.25, 0.3) is 0 Å². The first-order chi connectivity index (χ1) is 15.2. The van der Waals surface area contributed by atoms with E-state index in [1.165, 1.54) is 12.1 Å². The number of hydrazone groups is 1. The lowest BCUT2D eigenvalue weighted by atomic mass is 9.95. The van der Waals surface area contributed by atoms with Gasteiger partial charge in [-0.1, -0.05) is 24.3 Å². The Hall–Kier alpha value is -3.54. The number of ether oxygens (including phenoxy) is 3. The molecular weight excluding hydrogens is 395 g/mol. The molecule has 31 heavy (non-hydrogen) atoms. The molecule has 2 heterocycles. The Morgan fingerprint density at radius 3 is 2.65 bits per heavy atom. The monoisotopic (exact) mass is 418 g/mol. The van der Waals surface area contributed by atoms with Gasteiger partial charge in [0.15, 0.2) is 11.5 Å². The van der Waals surface area contributed by atoms with Gasteiger partial charge in [-0.2, -0.15) is 5.10 Å². The number of nitrogens with zero attached hydrogens (tertiary/aromatic N) is 2. The third kappa shape index (κ3) is 3.48. The van der Waals surface area contributed by atoms with Gasteiger partial charge in [-0.3, -0.25) is 0 Å². The minimum absolute atomic E-state index is 0.0328. The quantitative estimate of drug-likeness (QED) is 0.551. The molecule has 2 aliphatic rings. The van der Waals surface area contributed by atoms with Crippen LogP contribution in [0.5, 0.6) is 17.2 Å². The molecular formula is C25H23FN2O3. The van der Waals surface area contributed by atoms with E-state index in [0.717, 1.165) is 22.6 Å². The summed E-state index contributed by atoms with van der Waals surface area (Å²) in [6.07, 6.45) is 0.162. The van der Waals surface area contributed by atoms with Gasteiger partial charge in [-0.25, -0.2) is 9.40 Å². The minimum atomic E-state index is -0.550. The molecule has 5 rings (SSSR count). The third-order valence-electron chi connectivity index (χ3n) is 5.64. The number of halogens is 1. The number of hydrogen-bond acceptors (Lipinski definition) is 5. The van der Waals surface area contributed by atoms with Crippen molar-refractivity contribution in [3.8, 4) is 17.2 Å². The average Bonchev–Trinajstić information content (AvgIpc) is 3.25. The van der Waals surface area contributed by atoms with Crippen molar-refractivity contribution in [2.24, 2.45) is 5.10 Å². The second-order valence-corrected chi connectivity index (χ2v) is 7.51. The first-order valence-electron chi connectivity index (χ1n) is 10.4. The molecule has 158 valence electrons. The maximum absolute atomic E-state index is 14.0. The van der Waals surface area contributed by atoms with Crippen LogP contribution in [0.4, 0.5) is 4.39 Å². The molecule has 2 aliphatic heterocycles. The van der Waals surface area contributed by atoms with Crippen LogP contribution in [-0.2, 0) is 0 Å². The van der Waals surface area contributed by atoms with Gasteiger partial charge >= 0.3 is 0 Å². The van der Waals surface area contributed by atoms with E-state index in [0.29, 0.717) is 30.1 Å². The Morgan fingerprint density at radius 1 is 1.10 bits per heavy atom. The van der Waals surface area contributed by atoms with Crippen molar-refractivity contribution < 1.29 is 18.6 Å². The van der Waals surface area contributed by atoms with Gasteiger partial charge in [0.05, 0.1) is 25.5 Å². The first-order valence-corrected chi connectivity index (χ1v) is 10.4. The van der Waals surface area contributed by atoms with Gasteiger partial charge in [0, 0.05) is 17.5 Å². The van der Waals surface area contributed by atoms with E-state index in [4.69, 9.17) is 19.3 Å². The Bertz CT molecular complexity index is 1130. The summed E-state index contributed by atoms with van der Waals surface area (Å²) in [4.78, 5) is 0. The van der Waals surface area contributed by atoms with Crippen LogP contribution >= 0.6 is 0 Å². The van der Waals surface area contributed by atoms with Crippen molar-refractivity contribution in [1.29, 1.82) is 0 Å². The summed E-state index contributed by atoms with van der Waals surface area (Å²) in [7, 11) is 1.65. The zero-order valence-electron chi connectivity index (χ0n) is 17.4. The predicted molar refractivity (Wildman–Crippen MR) is 116 cm³/mol. The Morgan fingerprint density at radius 2 is 1.90 bits per heavy atom. The van der Waals surface area contributed by atoms with Crippen molar-refractivity contribution in [3.63, 3.8) is 0 Å². The smallest absolute Gasteiger partial charge is 0.214 e. The normalized spacial score (nSPS) is 19.2. The first kappa shape index (κ1) is 19.4. The highest BCUT2D eigenvalue weighted by Gasteiger charge is 2.42. The van der Waals surface area contributed by atoms with E-state index in [9.17, 15) is 4.39 Å². The fourth-order valence-corrected chi connectivity index (χ4v) is 4.19. The van der Waals surface area contributed by atoms with E-state index in [-0.39, 0.29) is 11.9 Å². The van der Waals surface area contributed by atoms with E-state index in [2.05, 4.69) is 0 Å². The van der Waals surface area contributed by atoms with Crippen LogP contribution < -0.4 is 14.2 Å². The molecule has 2 atom stereocenters. The molecule has 0 aliphatic carbocycles. The Balaban J connectivity index is 1.59. The molecule has 0 fully saturated rings. The largest absolute Gasteiger partial charge is 0.497 e. The lowest BCUT2D eigenvalue weighted by Gasteiger charge is -2.38. The lowest BCUT2D eigenvalue weighted by molar-refractivity contribution is -0.0214. The molecule has 3 aromatic carbocycles. The molecule has 0 radical (unpaired) electrons. The van der Waals surface area contributed by atoms with Crippen LogP contribution in [0.3, 0.4) is 0 Å².